The van der Waals surface area contributed by atoms with E-state index < -0.39 is 10.0 Å². The van der Waals surface area contributed by atoms with E-state index in [4.69, 9.17) is 0 Å². The topological polar surface area (TPSA) is 62.3 Å². The lowest BCUT2D eigenvalue weighted by Gasteiger charge is -2.19. The molecule has 1 heterocycles. The standard InChI is InChI=1S/C13H23N3O2S/c1-5-14-13-12(7-6-9-15-13)19(17,18)16(4)10-8-11(2)3/h6-7,9,11H,5,8,10H2,1-4H3,(H,14,15). The molecular formula is C13H23N3O2S. The molecule has 0 aliphatic carbocycles. The second-order valence-electron chi connectivity index (χ2n) is 4.89. The molecule has 0 fully saturated rings. The van der Waals surface area contributed by atoms with Crippen LogP contribution in [0.25, 0.3) is 0 Å². The highest BCUT2D eigenvalue weighted by Crippen LogP contribution is 2.21. The van der Waals surface area contributed by atoms with Gasteiger partial charge in [0.2, 0.25) is 10.0 Å². The second-order valence-corrected chi connectivity index (χ2v) is 6.90. The third-order valence-electron chi connectivity index (χ3n) is 2.82. The lowest BCUT2D eigenvalue weighted by Crippen LogP contribution is -2.29. The summed E-state index contributed by atoms with van der Waals surface area (Å²) in [6.45, 7) is 7.21. The molecule has 0 spiro atoms. The van der Waals surface area contributed by atoms with Gasteiger partial charge in [-0.25, -0.2) is 17.7 Å². The summed E-state index contributed by atoms with van der Waals surface area (Å²) in [5.74, 6) is 0.890. The highest BCUT2D eigenvalue weighted by atomic mass is 32.2. The Morgan fingerprint density at radius 2 is 2.11 bits per heavy atom. The van der Waals surface area contributed by atoms with Crippen LogP contribution < -0.4 is 5.32 Å². The summed E-state index contributed by atoms with van der Waals surface area (Å²) >= 11 is 0. The fourth-order valence-corrected chi connectivity index (χ4v) is 2.93. The summed E-state index contributed by atoms with van der Waals surface area (Å²) in [4.78, 5) is 4.33. The van der Waals surface area contributed by atoms with Crippen molar-refractivity contribution in [3.8, 4) is 0 Å². The van der Waals surface area contributed by atoms with Gasteiger partial charge in [-0.15, -0.1) is 0 Å². The molecule has 0 amide bonds. The van der Waals surface area contributed by atoms with Gasteiger partial charge in [-0.05, 0) is 31.4 Å². The molecule has 1 rings (SSSR count). The van der Waals surface area contributed by atoms with Crippen LogP contribution in [0.3, 0.4) is 0 Å². The highest BCUT2D eigenvalue weighted by Gasteiger charge is 2.24. The molecule has 108 valence electrons. The van der Waals surface area contributed by atoms with E-state index in [1.54, 1.807) is 25.4 Å². The van der Waals surface area contributed by atoms with Crippen LogP contribution in [0.1, 0.15) is 27.2 Å². The Labute approximate surface area is 116 Å². The smallest absolute Gasteiger partial charge is 0.246 e. The maximum atomic E-state index is 12.5. The van der Waals surface area contributed by atoms with E-state index >= 15 is 0 Å². The molecule has 0 radical (unpaired) electrons. The molecule has 0 bridgehead atoms. The molecule has 5 nitrogen and oxygen atoms in total. The van der Waals surface area contributed by atoms with E-state index in [9.17, 15) is 8.42 Å². The van der Waals surface area contributed by atoms with Crippen molar-refractivity contribution in [3.63, 3.8) is 0 Å². The molecule has 0 aliphatic heterocycles. The number of nitrogens with zero attached hydrogens (tertiary/aromatic N) is 2. The number of hydrogen-bond donors (Lipinski definition) is 1. The molecule has 1 aromatic rings. The van der Waals surface area contributed by atoms with Crippen molar-refractivity contribution >= 4 is 15.8 Å². The monoisotopic (exact) mass is 285 g/mol. The van der Waals surface area contributed by atoms with Crippen molar-refractivity contribution < 1.29 is 8.42 Å². The predicted octanol–water partition coefficient (Wildman–Crippen LogP) is 2.18. The average Bonchev–Trinajstić information content (AvgIpc) is 2.36. The Morgan fingerprint density at radius 1 is 1.42 bits per heavy atom. The van der Waals surface area contributed by atoms with Crippen LogP contribution in [-0.2, 0) is 10.0 Å². The van der Waals surface area contributed by atoms with Gasteiger partial charge in [0.05, 0.1) is 0 Å². The first kappa shape index (κ1) is 15.9. The third-order valence-corrected chi connectivity index (χ3v) is 4.71. The van der Waals surface area contributed by atoms with Gasteiger partial charge in [0, 0.05) is 26.3 Å². The number of pyridine rings is 1. The van der Waals surface area contributed by atoms with Gasteiger partial charge in [-0.3, -0.25) is 0 Å². The molecule has 0 atom stereocenters. The van der Waals surface area contributed by atoms with Gasteiger partial charge in [0.1, 0.15) is 10.7 Å². The van der Waals surface area contributed by atoms with Gasteiger partial charge in [0.15, 0.2) is 0 Å². The molecular weight excluding hydrogens is 262 g/mol. The van der Waals surface area contributed by atoms with Crippen molar-refractivity contribution in [2.45, 2.75) is 32.1 Å². The maximum Gasteiger partial charge on any atom is 0.246 e. The molecule has 0 aromatic carbocycles. The molecule has 0 saturated heterocycles. The molecule has 1 N–H and O–H groups in total. The van der Waals surface area contributed by atoms with Gasteiger partial charge in [-0.2, -0.15) is 0 Å². The van der Waals surface area contributed by atoms with E-state index in [1.807, 2.05) is 6.92 Å². The highest BCUT2D eigenvalue weighted by molar-refractivity contribution is 7.89. The van der Waals surface area contributed by atoms with Crippen LogP contribution in [0.4, 0.5) is 5.82 Å². The molecule has 1 aromatic heterocycles. The lowest BCUT2D eigenvalue weighted by atomic mass is 10.1. The number of nitrogens with one attached hydrogen (secondary N) is 1. The summed E-state index contributed by atoms with van der Waals surface area (Å²) in [6, 6.07) is 3.23. The minimum atomic E-state index is -3.48. The number of sulfonamides is 1. The van der Waals surface area contributed by atoms with Crippen LogP contribution in [-0.4, -0.2) is 37.8 Å². The number of anilines is 1. The van der Waals surface area contributed by atoms with E-state index in [2.05, 4.69) is 24.1 Å². The number of aromatic nitrogens is 1. The fraction of sp³-hybridized carbons (Fsp3) is 0.615. The molecule has 0 saturated carbocycles. The minimum absolute atomic E-state index is 0.239. The van der Waals surface area contributed by atoms with Crippen molar-refractivity contribution in [2.24, 2.45) is 5.92 Å². The van der Waals surface area contributed by atoms with Crippen LogP contribution in [0.2, 0.25) is 0 Å². The first-order chi connectivity index (χ1) is 8.89. The van der Waals surface area contributed by atoms with Crippen LogP contribution >= 0.6 is 0 Å². The Bertz CT molecular complexity index is 500. The summed E-state index contributed by atoms with van der Waals surface area (Å²) in [7, 11) is -1.87. The SMILES string of the molecule is CCNc1ncccc1S(=O)(=O)N(C)CCC(C)C. The summed E-state index contributed by atoms with van der Waals surface area (Å²) < 4.78 is 26.4. The fourth-order valence-electron chi connectivity index (χ4n) is 1.63. The van der Waals surface area contributed by atoms with Crippen molar-refractivity contribution in [1.29, 1.82) is 0 Å². The van der Waals surface area contributed by atoms with Crippen molar-refractivity contribution in [2.75, 3.05) is 25.5 Å². The summed E-state index contributed by atoms with van der Waals surface area (Å²) in [5, 5.41) is 2.99. The minimum Gasteiger partial charge on any atom is -0.369 e. The Balaban J connectivity index is 2.99. The van der Waals surface area contributed by atoms with E-state index in [1.165, 1.54) is 4.31 Å². The Morgan fingerprint density at radius 3 is 2.68 bits per heavy atom. The average molecular weight is 285 g/mol. The van der Waals surface area contributed by atoms with Crippen molar-refractivity contribution in [1.82, 2.24) is 9.29 Å². The number of rotatable bonds is 7. The Hall–Kier alpha value is -1.14. The van der Waals surface area contributed by atoms with Gasteiger partial charge >= 0.3 is 0 Å². The van der Waals surface area contributed by atoms with E-state index in [0.717, 1.165) is 6.42 Å². The normalized spacial score (nSPS) is 12.1. The van der Waals surface area contributed by atoms with Gasteiger partial charge in [-0.1, -0.05) is 13.8 Å². The largest absolute Gasteiger partial charge is 0.369 e. The van der Waals surface area contributed by atoms with Gasteiger partial charge in [0.25, 0.3) is 0 Å². The molecule has 0 unspecified atom stereocenters. The maximum absolute atomic E-state index is 12.5. The predicted molar refractivity (Wildman–Crippen MR) is 77.7 cm³/mol. The summed E-state index contributed by atoms with van der Waals surface area (Å²) in [5.41, 5.74) is 0. The van der Waals surface area contributed by atoms with Crippen molar-refractivity contribution in [3.05, 3.63) is 18.3 Å². The molecule has 19 heavy (non-hydrogen) atoms. The van der Waals surface area contributed by atoms with Crippen LogP contribution in [0, 0.1) is 5.92 Å². The zero-order valence-corrected chi connectivity index (χ0v) is 12.9. The third kappa shape index (κ3) is 4.18. The zero-order chi connectivity index (χ0) is 14.5. The number of hydrogen-bond acceptors (Lipinski definition) is 4. The van der Waals surface area contributed by atoms with Gasteiger partial charge < -0.3 is 5.32 Å². The molecule has 6 heteroatoms. The Kier molecular flexibility index (Phi) is 5.75. The molecule has 0 aliphatic rings. The quantitative estimate of drug-likeness (QED) is 0.834. The van der Waals surface area contributed by atoms with Crippen LogP contribution in [0.15, 0.2) is 23.2 Å². The first-order valence-corrected chi connectivity index (χ1v) is 7.98. The second kappa shape index (κ2) is 6.86. The lowest BCUT2D eigenvalue weighted by molar-refractivity contribution is 0.428. The van der Waals surface area contributed by atoms with Crippen LogP contribution in [0.5, 0.6) is 0 Å². The first-order valence-electron chi connectivity index (χ1n) is 6.54. The zero-order valence-electron chi connectivity index (χ0n) is 12.0. The van der Waals surface area contributed by atoms with E-state index in [-0.39, 0.29) is 4.90 Å². The van der Waals surface area contributed by atoms with E-state index in [0.29, 0.717) is 24.8 Å². The summed E-state index contributed by atoms with van der Waals surface area (Å²) in [6.07, 6.45) is 2.43.